The van der Waals surface area contributed by atoms with Crippen molar-refractivity contribution in [3.63, 3.8) is 0 Å². The molecule has 0 spiro atoms. The van der Waals surface area contributed by atoms with Gasteiger partial charge in [0.2, 0.25) is 5.82 Å². The van der Waals surface area contributed by atoms with E-state index in [-0.39, 0.29) is 11.0 Å². The summed E-state index contributed by atoms with van der Waals surface area (Å²) < 4.78 is 33.9. The molecule has 0 bridgehead atoms. The summed E-state index contributed by atoms with van der Waals surface area (Å²) >= 11 is 4.71. The highest BCUT2D eigenvalue weighted by Gasteiger charge is 2.34. The standard InChI is InChI=1S/C24H36F2OS/c1-3-5-16-6-8-17(9-7-16)18-10-12-19(13-11-18)24(28)20-14-15-21(27-4-2)23(26)22(20)25/h14-19,24,28H,3-13H2,1-2H3/t16?,17?,18-,19-,24?. The summed E-state index contributed by atoms with van der Waals surface area (Å²) in [5.41, 5.74) is 0.382. The van der Waals surface area contributed by atoms with Crippen molar-refractivity contribution in [1.29, 1.82) is 0 Å². The van der Waals surface area contributed by atoms with Crippen LogP contribution in [0.15, 0.2) is 12.1 Å². The molecule has 0 radical (unpaired) electrons. The van der Waals surface area contributed by atoms with Gasteiger partial charge in [0.05, 0.1) is 6.61 Å². The molecular weight excluding hydrogens is 374 g/mol. The largest absolute Gasteiger partial charge is 0.491 e. The molecule has 0 amide bonds. The van der Waals surface area contributed by atoms with Gasteiger partial charge < -0.3 is 4.74 Å². The van der Waals surface area contributed by atoms with Crippen LogP contribution in [0.4, 0.5) is 8.78 Å². The fraction of sp³-hybridized carbons (Fsp3) is 0.750. The van der Waals surface area contributed by atoms with Crippen molar-refractivity contribution in [2.24, 2.45) is 23.7 Å². The Kier molecular flexibility index (Phi) is 8.08. The van der Waals surface area contributed by atoms with Gasteiger partial charge in [0.15, 0.2) is 11.6 Å². The van der Waals surface area contributed by atoms with E-state index in [0.29, 0.717) is 18.1 Å². The van der Waals surface area contributed by atoms with E-state index >= 15 is 0 Å². The SMILES string of the molecule is CCCC1CCC([C@H]2CC[C@H](C(S)c3ccc(OCC)c(F)c3F)CC2)CC1. The zero-order chi connectivity index (χ0) is 20.1. The Labute approximate surface area is 175 Å². The molecule has 0 heterocycles. The van der Waals surface area contributed by atoms with Crippen LogP contribution >= 0.6 is 12.6 Å². The van der Waals surface area contributed by atoms with Gasteiger partial charge in [-0.1, -0.05) is 38.7 Å². The minimum absolute atomic E-state index is 0.00772. The fourth-order valence-electron chi connectivity index (χ4n) is 5.58. The summed E-state index contributed by atoms with van der Waals surface area (Å²) in [4.78, 5) is 0. The fourth-order valence-corrected chi connectivity index (χ4v) is 6.08. The molecule has 4 heteroatoms. The van der Waals surface area contributed by atoms with E-state index in [1.807, 2.05) is 0 Å². The number of benzene rings is 1. The minimum atomic E-state index is -0.879. The van der Waals surface area contributed by atoms with E-state index in [2.05, 4.69) is 6.92 Å². The first-order valence-corrected chi connectivity index (χ1v) is 11.8. The van der Waals surface area contributed by atoms with Crippen LogP contribution in [0, 0.1) is 35.3 Å². The van der Waals surface area contributed by atoms with E-state index in [9.17, 15) is 8.78 Å². The lowest BCUT2D eigenvalue weighted by Crippen LogP contribution is -2.27. The van der Waals surface area contributed by atoms with Crippen molar-refractivity contribution in [1.82, 2.24) is 0 Å². The first-order chi connectivity index (χ1) is 13.5. The highest BCUT2D eigenvalue weighted by Crippen LogP contribution is 2.46. The third-order valence-corrected chi connectivity index (χ3v) is 7.91. The van der Waals surface area contributed by atoms with Gasteiger partial charge >= 0.3 is 0 Å². The Morgan fingerprint density at radius 3 is 2.11 bits per heavy atom. The molecule has 0 N–H and O–H groups in total. The summed E-state index contributed by atoms with van der Waals surface area (Å²) in [5.74, 6) is 1.30. The van der Waals surface area contributed by atoms with Crippen molar-refractivity contribution >= 4 is 12.6 Å². The Morgan fingerprint density at radius 2 is 1.54 bits per heavy atom. The second-order valence-electron chi connectivity index (χ2n) is 8.90. The zero-order valence-corrected chi connectivity index (χ0v) is 18.3. The Bertz CT molecular complexity index is 619. The lowest BCUT2D eigenvalue weighted by molar-refractivity contribution is 0.142. The van der Waals surface area contributed by atoms with Crippen LogP contribution in [0.2, 0.25) is 0 Å². The molecule has 0 aromatic heterocycles. The Balaban J connectivity index is 1.54. The zero-order valence-electron chi connectivity index (χ0n) is 17.4. The topological polar surface area (TPSA) is 9.23 Å². The predicted molar refractivity (Wildman–Crippen MR) is 115 cm³/mol. The van der Waals surface area contributed by atoms with Crippen molar-refractivity contribution in [2.75, 3.05) is 6.61 Å². The maximum absolute atomic E-state index is 14.6. The van der Waals surface area contributed by atoms with E-state index in [1.54, 1.807) is 19.1 Å². The predicted octanol–water partition coefficient (Wildman–Crippen LogP) is 7.75. The highest BCUT2D eigenvalue weighted by atomic mass is 32.1. The summed E-state index contributed by atoms with van der Waals surface area (Å²) in [5, 5.41) is -0.244. The first kappa shape index (κ1) is 21.9. The number of thiol groups is 1. The number of ether oxygens (including phenoxy) is 1. The molecule has 2 aliphatic carbocycles. The molecule has 2 fully saturated rings. The van der Waals surface area contributed by atoms with Crippen LogP contribution in [0.3, 0.4) is 0 Å². The van der Waals surface area contributed by atoms with Crippen molar-refractivity contribution in [3.8, 4) is 5.75 Å². The first-order valence-electron chi connectivity index (χ1n) is 11.3. The summed E-state index contributed by atoms with van der Waals surface area (Å²) in [7, 11) is 0. The molecule has 3 rings (SSSR count). The van der Waals surface area contributed by atoms with E-state index in [4.69, 9.17) is 17.4 Å². The van der Waals surface area contributed by atoms with Crippen molar-refractivity contribution < 1.29 is 13.5 Å². The van der Waals surface area contributed by atoms with Crippen LogP contribution in [-0.2, 0) is 0 Å². The third-order valence-electron chi connectivity index (χ3n) is 7.21. The molecule has 2 saturated carbocycles. The lowest BCUT2D eigenvalue weighted by Gasteiger charge is -2.39. The molecular formula is C24H36F2OS. The number of hydrogen-bond acceptors (Lipinski definition) is 2. The van der Waals surface area contributed by atoms with Gasteiger partial charge in [-0.2, -0.15) is 17.0 Å². The number of rotatable bonds is 7. The van der Waals surface area contributed by atoms with Crippen molar-refractivity contribution in [3.05, 3.63) is 29.3 Å². The Morgan fingerprint density at radius 1 is 0.929 bits per heavy atom. The van der Waals surface area contributed by atoms with Crippen LogP contribution < -0.4 is 4.74 Å². The maximum atomic E-state index is 14.6. The normalized spacial score (nSPS) is 29.5. The lowest BCUT2D eigenvalue weighted by atomic mass is 9.68. The van der Waals surface area contributed by atoms with Gasteiger partial charge in [0.1, 0.15) is 0 Å². The Hall–Kier alpha value is -0.770. The number of hydrogen-bond donors (Lipinski definition) is 1. The van der Waals surface area contributed by atoms with E-state index in [0.717, 1.165) is 30.6 Å². The van der Waals surface area contributed by atoms with Gasteiger partial charge in [-0.15, -0.1) is 0 Å². The molecule has 0 aliphatic heterocycles. The monoisotopic (exact) mass is 410 g/mol. The molecule has 1 aromatic carbocycles. The summed E-state index contributed by atoms with van der Waals surface area (Å²) in [6.07, 6.45) is 12.9. The van der Waals surface area contributed by atoms with E-state index in [1.165, 1.54) is 51.4 Å². The second kappa shape index (κ2) is 10.3. The molecule has 0 saturated heterocycles. The third kappa shape index (κ3) is 5.04. The molecule has 158 valence electrons. The smallest absolute Gasteiger partial charge is 0.200 e. The number of halogens is 2. The summed E-state index contributed by atoms with van der Waals surface area (Å²) in [6.45, 7) is 4.38. The molecule has 1 aromatic rings. The van der Waals surface area contributed by atoms with Gasteiger partial charge in [0.25, 0.3) is 0 Å². The van der Waals surface area contributed by atoms with Crippen LogP contribution in [-0.4, -0.2) is 6.61 Å². The molecule has 1 nitrogen and oxygen atoms in total. The van der Waals surface area contributed by atoms with Crippen molar-refractivity contribution in [2.45, 2.75) is 83.3 Å². The molecule has 1 atom stereocenters. The van der Waals surface area contributed by atoms with Gasteiger partial charge in [-0.25, -0.2) is 4.39 Å². The quantitative estimate of drug-likeness (QED) is 0.452. The molecule has 2 aliphatic rings. The van der Waals surface area contributed by atoms with E-state index < -0.39 is 11.6 Å². The van der Waals surface area contributed by atoms with Gasteiger partial charge in [-0.3, -0.25) is 0 Å². The highest BCUT2D eigenvalue weighted by molar-refractivity contribution is 7.80. The van der Waals surface area contributed by atoms with Crippen LogP contribution in [0.5, 0.6) is 5.75 Å². The molecule has 1 unspecified atom stereocenters. The van der Waals surface area contributed by atoms with Crippen LogP contribution in [0.1, 0.15) is 88.9 Å². The van der Waals surface area contributed by atoms with Crippen LogP contribution in [0.25, 0.3) is 0 Å². The average molecular weight is 411 g/mol. The summed E-state index contributed by atoms with van der Waals surface area (Å²) in [6, 6.07) is 3.20. The minimum Gasteiger partial charge on any atom is -0.491 e. The van der Waals surface area contributed by atoms with Gasteiger partial charge in [0, 0.05) is 10.8 Å². The molecule has 28 heavy (non-hydrogen) atoms. The van der Waals surface area contributed by atoms with Gasteiger partial charge in [-0.05, 0) is 75.2 Å². The maximum Gasteiger partial charge on any atom is 0.200 e. The second-order valence-corrected chi connectivity index (χ2v) is 9.46. The average Bonchev–Trinajstić information content (AvgIpc) is 2.72.